The van der Waals surface area contributed by atoms with Crippen molar-refractivity contribution in [2.75, 3.05) is 6.54 Å². The van der Waals surface area contributed by atoms with E-state index in [-0.39, 0.29) is 5.82 Å². The minimum absolute atomic E-state index is 0.146. The summed E-state index contributed by atoms with van der Waals surface area (Å²) in [5.41, 5.74) is 1.06. The average Bonchev–Trinajstić information content (AvgIpc) is 2.27. The lowest BCUT2D eigenvalue weighted by Crippen LogP contribution is -2.36. The normalized spacial score (nSPS) is 13.5. The van der Waals surface area contributed by atoms with Crippen molar-refractivity contribution in [2.45, 2.75) is 47.1 Å². The highest BCUT2D eigenvalue weighted by Gasteiger charge is 2.17. The van der Waals surface area contributed by atoms with E-state index in [1.54, 1.807) is 12.1 Å². The van der Waals surface area contributed by atoms with Gasteiger partial charge in [-0.1, -0.05) is 39.8 Å². The van der Waals surface area contributed by atoms with Gasteiger partial charge in [-0.2, -0.15) is 0 Å². The van der Waals surface area contributed by atoms with E-state index in [9.17, 15) is 4.39 Å². The van der Waals surface area contributed by atoms with Gasteiger partial charge in [0.15, 0.2) is 0 Å². The van der Waals surface area contributed by atoms with Crippen molar-refractivity contribution in [3.8, 4) is 0 Å². The predicted molar refractivity (Wildman–Crippen MR) is 80.7 cm³/mol. The van der Waals surface area contributed by atoms with Crippen LogP contribution in [-0.2, 0) is 6.42 Å². The first-order valence-electron chi connectivity index (χ1n) is 7.38. The molecular weight excluding hydrogens is 237 g/mol. The Kier molecular flexibility index (Phi) is 6.50. The standard InChI is InChI=1S/C17H28FN/c1-12(2)17(13(3)4)11-19-14(5)9-15-7-6-8-16(18)10-15/h6-8,10,12-14,17,19H,9,11H2,1-5H3. The Hall–Kier alpha value is -0.890. The van der Waals surface area contributed by atoms with Crippen molar-refractivity contribution in [2.24, 2.45) is 17.8 Å². The van der Waals surface area contributed by atoms with E-state index in [2.05, 4.69) is 39.9 Å². The van der Waals surface area contributed by atoms with E-state index < -0.39 is 0 Å². The number of hydrogen-bond donors (Lipinski definition) is 1. The maximum Gasteiger partial charge on any atom is 0.123 e. The van der Waals surface area contributed by atoms with Crippen LogP contribution in [0.1, 0.15) is 40.2 Å². The molecule has 0 fully saturated rings. The molecule has 0 amide bonds. The number of halogens is 1. The minimum atomic E-state index is -0.146. The van der Waals surface area contributed by atoms with Gasteiger partial charge in [-0.05, 0) is 55.3 Å². The second kappa shape index (κ2) is 7.64. The summed E-state index contributed by atoms with van der Waals surface area (Å²) in [5.74, 6) is 1.92. The van der Waals surface area contributed by atoms with E-state index in [0.717, 1.165) is 18.5 Å². The summed E-state index contributed by atoms with van der Waals surface area (Å²) < 4.78 is 13.1. The van der Waals surface area contributed by atoms with Crippen LogP contribution < -0.4 is 5.32 Å². The van der Waals surface area contributed by atoms with Crippen LogP contribution in [0, 0.1) is 23.6 Å². The third kappa shape index (κ3) is 5.73. The third-order valence-electron chi connectivity index (χ3n) is 3.85. The van der Waals surface area contributed by atoms with Gasteiger partial charge in [0.2, 0.25) is 0 Å². The number of rotatable bonds is 7. The summed E-state index contributed by atoms with van der Waals surface area (Å²) in [6.45, 7) is 12.3. The molecule has 0 saturated carbocycles. The molecule has 108 valence electrons. The van der Waals surface area contributed by atoms with Crippen LogP contribution in [-0.4, -0.2) is 12.6 Å². The van der Waals surface area contributed by atoms with Crippen molar-refractivity contribution in [1.29, 1.82) is 0 Å². The Labute approximate surface area is 117 Å². The van der Waals surface area contributed by atoms with Gasteiger partial charge >= 0.3 is 0 Å². The van der Waals surface area contributed by atoms with Crippen LogP contribution in [0.5, 0.6) is 0 Å². The number of benzene rings is 1. The molecule has 0 aliphatic carbocycles. The summed E-state index contributed by atoms with van der Waals surface area (Å²) in [5, 5.41) is 3.59. The fraction of sp³-hybridized carbons (Fsp3) is 0.647. The Bertz CT molecular complexity index is 365. The molecule has 1 unspecified atom stereocenters. The fourth-order valence-corrected chi connectivity index (χ4v) is 2.67. The highest BCUT2D eigenvalue weighted by molar-refractivity contribution is 5.17. The summed E-state index contributed by atoms with van der Waals surface area (Å²) in [6.07, 6.45) is 0.876. The molecule has 1 aromatic carbocycles. The van der Waals surface area contributed by atoms with Gasteiger partial charge < -0.3 is 5.32 Å². The van der Waals surface area contributed by atoms with Gasteiger partial charge in [0.05, 0.1) is 0 Å². The van der Waals surface area contributed by atoms with Crippen LogP contribution in [0.3, 0.4) is 0 Å². The molecule has 1 nitrogen and oxygen atoms in total. The van der Waals surface area contributed by atoms with Crippen molar-refractivity contribution in [3.05, 3.63) is 35.6 Å². The zero-order valence-corrected chi connectivity index (χ0v) is 12.9. The molecule has 0 spiro atoms. The zero-order valence-electron chi connectivity index (χ0n) is 12.9. The smallest absolute Gasteiger partial charge is 0.123 e. The van der Waals surface area contributed by atoms with Crippen molar-refractivity contribution in [3.63, 3.8) is 0 Å². The molecule has 2 heteroatoms. The Balaban J connectivity index is 2.45. The summed E-state index contributed by atoms with van der Waals surface area (Å²) in [6, 6.07) is 7.27. The van der Waals surface area contributed by atoms with Crippen LogP contribution >= 0.6 is 0 Å². The van der Waals surface area contributed by atoms with E-state index in [1.165, 1.54) is 6.07 Å². The van der Waals surface area contributed by atoms with E-state index in [0.29, 0.717) is 23.8 Å². The molecule has 0 radical (unpaired) electrons. The molecule has 1 aromatic rings. The van der Waals surface area contributed by atoms with Gasteiger partial charge in [-0.15, -0.1) is 0 Å². The van der Waals surface area contributed by atoms with Crippen LogP contribution in [0.4, 0.5) is 4.39 Å². The SMILES string of the molecule is CC(Cc1cccc(F)c1)NCC(C(C)C)C(C)C. The van der Waals surface area contributed by atoms with Gasteiger partial charge in [0, 0.05) is 6.04 Å². The summed E-state index contributed by atoms with van der Waals surface area (Å²) in [7, 11) is 0. The highest BCUT2D eigenvalue weighted by Crippen LogP contribution is 2.19. The molecular formula is C17H28FN. The van der Waals surface area contributed by atoms with Crippen molar-refractivity contribution >= 4 is 0 Å². The zero-order chi connectivity index (χ0) is 14.4. The molecule has 19 heavy (non-hydrogen) atoms. The topological polar surface area (TPSA) is 12.0 Å². The van der Waals surface area contributed by atoms with Crippen LogP contribution in [0.2, 0.25) is 0 Å². The molecule has 0 saturated heterocycles. The molecule has 0 aliphatic rings. The van der Waals surface area contributed by atoms with Gasteiger partial charge in [-0.3, -0.25) is 0 Å². The first-order valence-corrected chi connectivity index (χ1v) is 7.38. The fourth-order valence-electron chi connectivity index (χ4n) is 2.67. The maximum absolute atomic E-state index is 13.1. The molecule has 1 atom stereocenters. The van der Waals surface area contributed by atoms with Crippen molar-refractivity contribution in [1.82, 2.24) is 5.32 Å². The lowest BCUT2D eigenvalue weighted by molar-refractivity contribution is 0.267. The molecule has 1 rings (SSSR count). The van der Waals surface area contributed by atoms with Crippen LogP contribution in [0.15, 0.2) is 24.3 Å². The van der Waals surface area contributed by atoms with E-state index in [1.807, 2.05) is 6.07 Å². The highest BCUT2D eigenvalue weighted by atomic mass is 19.1. The van der Waals surface area contributed by atoms with Crippen molar-refractivity contribution < 1.29 is 4.39 Å². The second-order valence-corrected chi connectivity index (χ2v) is 6.30. The van der Waals surface area contributed by atoms with Gasteiger partial charge in [0.25, 0.3) is 0 Å². The molecule has 0 heterocycles. The molecule has 1 N–H and O–H groups in total. The third-order valence-corrected chi connectivity index (χ3v) is 3.85. The Morgan fingerprint density at radius 1 is 1.05 bits per heavy atom. The first kappa shape index (κ1) is 16.2. The van der Waals surface area contributed by atoms with Gasteiger partial charge in [-0.25, -0.2) is 4.39 Å². The lowest BCUT2D eigenvalue weighted by atomic mass is 9.85. The maximum atomic E-state index is 13.1. The predicted octanol–water partition coefficient (Wildman–Crippen LogP) is 4.27. The first-order chi connectivity index (χ1) is 8.90. The minimum Gasteiger partial charge on any atom is -0.314 e. The van der Waals surface area contributed by atoms with Gasteiger partial charge in [0.1, 0.15) is 5.82 Å². The number of hydrogen-bond acceptors (Lipinski definition) is 1. The monoisotopic (exact) mass is 265 g/mol. The Morgan fingerprint density at radius 2 is 1.68 bits per heavy atom. The summed E-state index contributed by atoms with van der Waals surface area (Å²) >= 11 is 0. The second-order valence-electron chi connectivity index (χ2n) is 6.30. The summed E-state index contributed by atoms with van der Waals surface area (Å²) in [4.78, 5) is 0. The Morgan fingerprint density at radius 3 is 2.21 bits per heavy atom. The molecule has 0 aliphatic heterocycles. The van der Waals surface area contributed by atoms with Crippen LogP contribution in [0.25, 0.3) is 0 Å². The number of nitrogens with one attached hydrogen (secondary N) is 1. The average molecular weight is 265 g/mol. The van der Waals surface area contributed by atoms with E-state index >= 15 is 0 Å². The largest absolute Gasteiger partial charge is 0.314 e. The molecule has 0 aromatic heterocycles. The molecule has 0 bridgehead atoms. The lowest BCUT2D eigenvalue weighted by Gasteiger charge is -2.27. The quantitative estimate of drug-likeness (QED) is 0.776. The van der Waals surface area contributed by atoms with E-state index in [4.69, 9.17) is 0 Å².